The second-order valence-corrected chi connectivity index (χ2v) is 5.07. The molecule has 0 saturated heterocycles. The number of rotatable bonds is 7. The van der Waals surface area contributed by atoms with Crippen molar-refractivity contribution in [3.8, 4) is 0 Å². The molecule has 3 nitrogen and oxygen atoms in total. The average Bonchev–Trinajstić information content (AvgIpc) is 2.32. The van der Waals surface area contributed by atoms with Gasteiger partial charge in [-0.1, -0.05) is 38.2 Å². The second kappa shape index (κ2) is 8.06. The van der Waals surface area contributed by atoms with E-state index >= 15 is 0 Å². The predicted molar refractivity (Wildman–Crippen MR) is 71.3 cm³/mol. The summed E-state index contributed by atoms with van der Waals surface area (Å²) >= 11 is 0. The third kappa shape index (κ3) is 5.48. The number of carbonyl (C=O) groups is 2. The molecular weight excluding hydrogens is 228 g/mol. The van der Waals surface area contributed by atoms with E-state index in [0.29, 0.717) is 12.8 Å². The number of hydrogen-bond donors (Lipinski definition) is 0. The lowest BCUT2D eigenvalue weighted by molar-refractivity contribution is -0.154. The van der Waals surface area contributed by atoms with Crippen molar-refractivity contribution in [3.05, 3.63) is 11.6 Å². The molecule has 0 aromatic carbocycles. The second-order valence-electron chi connectivity index (χ2n) is 5.07. The van der Waals surface area contributed by atoms with Gasteiger partial charge >= 0.3 is 5.97 Å². The van der Waals surface area contributed by atoms with Gasteiger partial charge in [0.25, 0.3) is 0 Å². The largest absolute Gasteiger partial charge is 0.454 e. The van der Waals surface area contributed by atoms with Crippen molar-refractivity contribution in [2.75, 3.05) is 0 Å². The van der Waals surface area contributed by atoms with Gasteiger partial charge in [0.2, 0.25) is 0 Å². The van der Waals surface area contributed by atoms with Crippen LogP contribution in [-0.2, 0) is 14.3 Å². The summed E-state index contributed by atoms with van der Waals surface area (Å²) < 4.78 is 5.23. The van der Waals surface area contributed by atoms with Gasteiger partial charge in [-0.3, -0.25) is 9.59 Å². The van der Waals surface area contributed by atoms with Gasteiger partial charge in [-0.25, -0.2) is 0 Å². The molecule has 0 amide bonds. The van der Waals surface area contributed by atoms with Gasteiger partial charge < -0.3 is 4.74 Å². The number of allylic oxidation sites excluding steroid dienone is 1. The zero-order valence-electron chi connectivity index (χ0n) is 11.5. The fourth-order valence-corrected chi connectivity index (χ4v) is 2.12. The summed E-state index contributed by atoms with van der Waals surface area (Å²) in [7, 11) is 0. The van der Waals surface area contributed by atoms with Crippen LogP contribution in [0.15, 0.2) is 11.6 Å². The first-order valence-electron chi connectivity index (χ1n) is 7.04. The Morgan fingerprint density at radius 3 is 2.72 bits per heavy atom. The molecule has 18 heavy (non-hydrogen) atoms. The van der Waals surface area contributed by atoms with E-state index in [1.54, 1.807) is 6.08 Å². The predicted octanol–water partition coefficient (Wildman–Crippen LogP) is 3.57. The minimum absolute atomic E-state index is 0.0573. The maximum absolute atomic E-state index is 11.6. The lowest BCUT2D eigenvalue weighted by atomic mass is 9.97. The molecule has 0 spiro atoms. The normalized spacial score (nSPS) is 19.6. The van der Waals surface area contributed by atoms with Crippen molar-refractivity contribution in [2.45, 2.75) is 71.3 Å². The molecule has 0 bridgehead atoms. The molecule has 1 atom stereocenters. The topological polar surface area (TPSA) is 43.4 Å². The molecule has 1 aliphatic rings. The van der Waals surface area contributed by atoms with Gasteiger partial charge in [-0.05, 0) is 32.3 Å². The third-order valence-corrected chi connectivity index (χ3v) is 3.27. The minimum atomic E-state index is -0.531. The van der Waals surface area contributed by atoms with Crippen LogP contribution in [0.1, 0.15) is 65.2 Å². The molecule has 0 saturated carbocycles. The van der Waals surface area contributed by atoms with Crippen LogP contribution in [0.5, 0.6) is 0 Å². The van der Waals surface area contributed by atoms with Crippen molar-refractivity contribution in [3.63, 3.8) is 0 Å². The van der Waals surface area contributed by atoms with E-state index in [9.17, 15) is 9.59 Å². The Labute approximate surface area is 110 Å². The van der Waals surface area contributed by atoms with E-state index in [1.165, 1.54) is 19.3 Å². The molecule has 1 aliphatic carbocycles. The fourth-order valence-electron chi connectivity index (χ4n) is 2.12. The number of esters is 1. The van der Waals surface area contributed by atoms with Gasteiger partial charge in [-0.15, -0.1) is 0 Å². The third-order valence-electron chi connectivity index (χ3n) is 3.27. The Morgan fingerprint density at radius 2 is 2.06 bits per heavy atom. The monoisotopic (exact) mass is 252 g/mol. The average molecular weight is 252 g/mol. The van der Waals surface area contributed by atoms with Crippen molar-refractivity contribution in [2.24, 2.45) is 0 Å². The van der Waals surface area contributed by atoms with Crippen molar-refractivity contribution in [1.82, 2.24) is 0 Å². The maximum Gasteiger partial charge on any atom is 0.306 e. The zero-order valence-corrected chi connectivity index (χ0v) is 11.5. The number of ether oxygens (including phenoxy) is 1. The quantitative estimate of drug-likeness (QED) is 0.514. The summed E-state index contributed by atoms with van der Waals surface area (Å²) in [6, 6.07) is 0. The van der Waals surface area contributed by atoms with Gasteiger partial charge in [-0.2, -0.15) is 0 Å². The lowest BCUT2D eigenvalue weighted by Crippen LogP contribution is -2.28. The van der Waals surface area contributed by atoms with E-state index < -0.39 is 6.10 Å². The molecular formula is C15H24O3. The highest BCUT2D eigenvalue weighted by atomic mass is 16.5. The Kier molecular flexibility index (Phi) is 6.69. The summed E-state index contributed by atoms with van der Waals surface area (Å²) in [5, 5.41) is 0. The maximum atomic E-state index is 11.6. The SMILES string of the molecule is CCCCCCCC(=O)OC1CCC(C)=CC1=O. The molecule has 1 unspecified atom stereocenters. The fraction of sp³-hybridized carbons (Fsp3) is 0.733. The molecule has 0 aromatic rings. The van der Waals surface area contributed by atoms with Crippen LogP contribution in [0.25, 0.3) is 0 Å². The summed E-state index contributed by atoms with van der Waals surface area (Å²) in [4.78, 5) is 23.2. The van der Waals surface area contributed by atoms with Crippen LogP contribution in [-0.4, -0.2) is 17.9 Å². The molecule has 0 radical (unpaired) electrons. The van der Waals surface area contributed by atoms with Gasteiger partial charge in [0.05, 0.1) is 0 Å². The van der Waals surface area contributed by atoms with E-state index in [0.717, 1.165) is 24.8 Å². The molecule has 0 N–H and O–H groups in total. The number of ketones is 1. The lowest BCUT2D eigenvalue weighted by Gasteiger charge is -2.19. The first-order chi connectivity index (χ1) is 8.63. The smallest absolute Gasteiger partial charge is 0.306 e. The standard InChI is InChI=1S/C15H24O3/c1-3-4-5-6-7-8-15(17)18-14-10-9-12(2)11-13(14)16/h11,14H,3-10H2,1-2H3. The number of unbranched alkanes of at least 4 members (excludes halogenated alkanes) is 4. The molecule has 1 rings (SSSR count). The zero-order chi connectivity index (χ0) is 13.4. The van der Waals surface area contributed by atoms with Crippen LogP contribution in [0.4, 0.5) is 0 Å². The van der Waals surface area contributed by atoms with Crippen LogP contribution in [0, 0.1) is 0 Å². The Balaban J connectivity index is 2.18. The van der Waals surface area contributed by atoms with E-state index in [2.05, 4.69) is 6.92 Å². The minimum Gasteiger partial charge on any atom is -0.454 e. The van der Waals surface area contributed by atoms with Gasteiger partial charge in [0.1, 0.15) is 0 Å². The molecule has 0 aromatic heterocycles. The Hall–Kier alpha value is -1.12. The Bertz CT molecular complexity index is 318. The Morgan fingerprint density at radius 1 is 1.33 bits per heavy atom. The first-order valence-corrected chi connectivity index (χ1v) is 7.04. The van der Waals surface area contributed by atoms with Crippen LogP contribution >= 0.6 is 0 Å². The van der Waals surface area contributed by atoms with Crippen LogP contribution in [0.2, 0.25) is 0 Å². The first kappa shape index (κ1) is 14.9. The van der Waals surface area contributed by atoms with Crippen LogP contribution < -0.4 is 0 Å². The van der Waals surface area contributed by atoms with Crippen molar-refractivity contribution >= 4 is 11.8 Å². The summed E-state index contributed by atoms with van der Waals surface area (Å²) in [6.07, 6.45) is 8.54. The van der Waals surface area contributed by atoms with Gasteiger partial charge in [0.15, 0.2) is 11.9 Å². The molecule has 0 fully saturated rings. The van der Waals surface area contributed by atoms with Crippen LogP contribution in [0.3, 0.4) is 0 Å². The van der Waals surface area contributed by atoms with E-state index in [1.807, 2.05) is 6.92 Å². The van der Waals surface area contributed by atoms with Gasteiger partial charge in [0, 0.05) is 6.42 Å². The summed E-state index contributed by atoms with van der Waals surface area (Å²) in [6.45, 7) is 4.10. The summed E-state index contributed by atoms with van der Waals surface area (Å²) in [5.41, 5.74) is 1.08. The number of hydrogen-bond acceptors (Lipinski definition) is 3. The number of carbonyl (C=O) groups excluding carboxylic acids is 2. The molecule has 0 aliphatic heterocycles. The molecule has 102 valence electrons. The molecule has 0 heterocycles. The van der Waals surface area contributed by atoms with Crippen molar-refractivity contribution in [1.29, 1.82) is 0 Å². The van der Waals surface area contributed by atoms with Crippen molar-refractivity contribution < 1.29 is 14.3 Å². The summed E-state index contributed by atoms with van der Waals surface area (Å²) in [5.74, 6) is -0.282. The van der Waals surface area contributed by atoms with E-state index in [-0.39, 0.29) is 11.8 Å². The molecule has 3 heteroatoms. The highest BCUT2D eigenvalue weighted by molar-refractivity contribution is 5.96. The van der Waals surface area contributed by atoms with E-state index in [4.69, 9.17) is 4.74 Å². The highest BCUT2D eigenvalue weighted by Gasteiger charge is 2.24. The highest BCUT2D eigenvalue weighted by Crippen LogP contribution is 2.18.